The summed E-state index contributed by atoms with van der Waals surface area (Å²) in [4.78, 5) is 23.5. The van der Waals surface area contributed by atoms with E-state index in [1.807, 2.05) is 6.92 Å². The summed E-state index contributed by atoms with van der Waals surface area (Å²) in [7, 11) is 0. The van der Waals surface area contributed by atoms with E-state index in [4.69, 9.17) is 14.2 Å². The molecule has 0 heterocycles. The van der Waals surface area contributed by atoms with E-state index >= 15 is 0 Å². The average molecular weight is 328 g/mol. The first-order chi connectivity index (χ1) is 10.8. The Morgan fingerprint density at radius 1 is 1.00 bits per heavy atom. The maximum Gasteiger partial charge on any atom is 0.344 e. The number of hydrogen-bond donors (Lipinski definition) is 0. The average Bonchev–Trinajstić information content (AvgIpc) is 2.53. The van der Waals surface area contributed by atoms with Crippen LogP contribution in [0.25, 0.3) is 0 Å². The Morgan fingerprint density at radius 3 is 2.22 bits per heavy atom. The van der Waals surface area contributed by atoms with Crippen molar-refractivity contribution < 1.29 is 23.8 Å². The van der Waals surface area contributed by atoms with E-state index in [9.17, 15) is 9.59 Å². The van der Waals surface area contributed by atoms with Crippen molar-refractivity contribution in [3.63, 3.8) is 0 Å². The summed E-state index contributed by atoms with van der Waals surface area (Å²) in [5.74, 6) is -0.987. The molecule has 0 aromatic rings. The molecule has 0 N–H and O–H groups in total. The van der Waals surface area contributed by atoms with Gasteiger partial charge in [0.05, 0.1) is 6.61 Å². The number of carbonyl (C=O) groups excluding carboxylic acids is 2. The second-order valence-electron chi connectivity index (χ2n) is 7.24. The highest BCUT2D eigenvalue weighted by atomic mass is 16.6. The van der Waals surface area contributed by atoms with Crippen molar-refractivity contribution in [1.82, 2.24) is 0 Å². The molecule has 1 rings (SSSR count). The standard InChI is InChI=1S/C18H32O5/c1-5-17(3,4)14-21-12-15(19)22-13-16(20)23-18(6-2)10-8-7-9-11-18/h5-14H2,1-4H3. The molecule has 134 valence electrons. The van der Waals surface area contributed by atoms with Crippen molar-refractivity contribution in [3.05, 3.63) is 0 Å². The monoisotopic (exact) mass is 328 g/mol. The lowest BCUT2D eigenvalue weighted by atomic mass is 9.83. The van der Waals surface area contributed by atoms with E-state index in [1.165, 1.54) is 6.42 Å². The molecule has 0 unspecified atom stereocenters. The minimum absolute atomic E-state index is 0.0354. The smallest absolute Gasteiger partial charge is 0.344 e. The van der Waals surface area contributed by atoms with Crippen molar-refractivity contribution in [3.8, 4) is 0 Å². The first kappa shape index (κ1) is 19.9. The quantitative estimate of drug-likeness (QED) is 0.605. The van der Waals surface area contributed by atoms with Crippen molar-refractivity contribution in [2.24, 2.45) is 5.41 Å². The van der Waals surface area contributed by atoms with Gasteiger partial charge in [-0.2, -0.15) is 0 Å². The molecule has 0 aromatic carbocycles. The fourth-order valence-electron chi connectivity index (χ4n) is 2.69. The van der Waals surface area contributed by atoms with Gasteiger partial charge in [-0.1, -0.05) is 34.1 Å². The van der Waals surface area contributed by atoms with Crippen LogP contribution in [0.5, 0.6) is 0 Å². The van der Waals surface area contributed by atoms with Crippen LogP contribution in [0, 0.1) is 5.41 Å². The lowest BCUT2D eigenvalue weighted by Gasteiger charge is -2.35. The molecule has 0 aromatic heterocycles. The molecule has 1 aliphatic rings. The molecular weight excluding hydrogens is 296 g/mol. The van der Waals surface area contributed by atoms with E-state index in [0.717, 1.165) is 38.5 Å². The van der Waals surface area contributed by atoms with Crippen LogP contribution < -0.4 is 0 Å². The lowest BCUT2D eigenvalue weighted by molar-refractivity contribution is -0.175. The predicted octanol–water partition coefficient (Wildman–Crippen LogP) is 3.64. The summed E-state index contributed by atoms with van der Waals surface area (Å²) in [6, 6.07) is 0. The second kappa shape index (κ2) is 9.26. The van der Waals surface area contributed by atoms with E-state index in [-0.39, 0.29) is 24.2 Å². The molecule has 0 atom stereocenters. The summed E-state index contributed by atoms with van der Waals surface area (Å²) >= 11 is 0. The molecule has 23 heavy (non-hydrogen) atoms. The van der Waals surface area contributed by atoms with Gasteiger partial charge in [-0.15, -0.1) is 0 Å². The molecular formula is C18H32O5. The number of esters is 2. The van der Waals surface area contributed by atoms with Crippen molar-refractivity contribution in [2.75, 3.05) is 19.8 Å². The highest BCUT2D eigenvalue weighted by Gasteiger charge is 2.34. The summed E-state index contributed by atoms with van der Waals surface area (Å²) in [6.45, 7) is 8.29. The largest absolute Gasteiger partial charge is 0.457 e. The van der Waals surface area contributed by atoms with Crippen LogP contribution in [0.4, 0.5) is 0 Å². The normalized spacial score (nSPS) is 17.6. The molecule has 5 nitrogen and oxygen atoms in total. The van der Waals surface area contributed by atoms with Crippen LogP contribution in [-0.4, -0.2) is 37.4 Å². The Hall–Kier alpha value is -1.10. The van der Waals surface area contributed by atoms with Gasteiger partial charge in [-0.05, 0) is 43.9 Å². The zero-order valence-corrected chi connectivity index (χ0v) is 15.1. The molecule has 5 heteroatoms. The van der Waals surface area contributed by atoms with E-state index in [2.05, 4.69) is 20.8 Å². The van der Waals surface area contributed by atoms with Crippen LogP contribution in [-0.2, 0) is 23.8 Å². The van der Waals surface area contributed by atoms with Crippen LogP contribution in [0.3, 0.4) is 0 Å². The summed E-state index contributed by atoms with van der Waals surface area (Å²) in [6.07, 6.45) is 6.94. The van der Waals surface area contributed by atoms with Crippen molar-refractivity contribution in [2.45, 2.75) is 78.2 Å². The fraction of sp³-hybridized carbons (Fsp3) is 0.889. The van der Waals surface area contributed by atoms with Gasteiger partial charge >= 0.3 is 11.9 Å². The highest BCUT2D eigenvalue weighted by Crippen LogP contribution is 2.34. The molecule has 0 radical (unpaired) electrons. The number of carbonyl (C=O) groups is 2. The van der Waals surface area contributed by atoms with Crippen LogP contribution in [0.1, 0.15) is 72.6 Å². The molecule has 1 fully saturated rings. The van der Waals surface area contributed by atoms with Gasteiger partial charge in [0.15, 0.2) is 6.61 Å². The zero-order chi connectivity index (χ0) is 17.3. The maximum atomic E-state index is 11.9. The van der Waals surface area contributed by atoms with Gasteiger partial charge in [0.25, 0.3) is 0 Å². The van der Waals surface area contributed by atoms with Gasteiger partial charge in [0.1, 0.15) is 12.2 Å². The Kier molecular flexibility index (Phi) is 8.03. The van der Waals surface area contributed by atoms with Crippen LogP contribution in [0.15, 0.2) is 0 Å². The highest BCUT2D eigenvalue weighted by molar-refractivity contribution is 5.77. The number of ether oxygens (including phenoxy) is 3. The predicted molar refractivity (Wildman–Crippen MR) is 88.0 cm³/mol. The van der Waals surface area contributed by atoms with Gasteiger partial charge in [0.2, 0.25) is 0 Å². The molecule has 0 spiro atoms. The third-order valence-electron chi connectivity index (χ3n) is 4.76. The van der Waals surface area contributed by atoms with E-state index in [0.29, 0.717) is 6.61 Å². The summed E-state index contributed by atoms with van der Waals surface area (Å²) in [5.41, 5.74) is -0.322. The molecule has 0 bridgehead atoms. The third kappa shape index (κ3) is 7.34. The maximum absolute atomic E-state index is 11.9. The second-order valence-corrected chi connectivity index (χ2v) is 7.24. The summed E-state index contributed by atoms with van der Waals surface area (Å²) < 4.78 is 15.9. The number of hydrogen-bond acceptors (Lipinski definition) is 5. The molecule has 0 saturated heterocycles. The minimum atomic E-state index is -0.525. The molecule has 0 amide bonds. The van der Waals surface area contributed by atoms with Gasteiger partial charge in [-0.3, -0.25) is 0 Å². The number of rotatable bonds is 9. The van der Waals surface area contributed by atoms with Gasteiger partial charge < -0.3 is 14.2 Å². The molecule has 0 aliphatic heterocycles. The Balaban J connectivity index is 2.25. The first-order valence-corrected chi connectivity index (χ1v) is 8.78. The molecule has 1 saturated carbocycles. The van der Waals surface area contributed by atoms with E-state index in [1.54, 1.807) is 0 Å². The fourth-order valence-corrected chi connectivity index (χ4v) is 2.69. The topological polar surface area (TPSA) is 61.8 Å². The Labute approximate surface area is 140 Å². The SMILES string of the molecule is CCC(C)(C)COCC(=O)OCC(=O)OC1(CC)CCCCC1. The molecule has 1 aliphatic carbocycles. The van der Waals surface area contributed by atoms with Crippen molar-refractivity contribution >= 4 is 11.9 Å². The lowest BCUT2D eigenvalue weighted by Crippen LogP contribution is -2.38. The first-order valence-electron chi connectivity index (χ1n) is 8.78. The van der Waals surface area contributed by atoms with Crippen LogP contribution >= 0.6 is 0 Å². The summed E-state index contributed by atoms with van der Waals surface area (Å²) in [5, 5.41) is 0. The zero-order valence-electron chi connectivity index (χ0n) is 15.1. The Morgan fingerprint density at radius 2 is 1.65 bits per heavy atom. The van der Waals surface area contributed by atoms with Crippen LogP contribution in [0.2, 0.25) is 0 Å². The third-order valence-corrected chi connectivity index (χ3v) is 4.76. The Bertz CT molecular complexity index is 383. The van der Waals surface area contributed by atoms with Crippen molar-refractivity contribution in [1.29, 1.82) is 0 Å². The van der Waals surface area contributed by atoms with E-state index < -0.39 is 11.9 Å². The van der Waals surface area contributed by atoms with Gasteiger partial charge in [-0.25, -0.2) is 9.59 Å². The minimum Gasteiger partial charge on any atom is -0.457 e. The van der Waals surface area contributed by atoms with Gasteiger partial charge in [0, 0.05) is 0 Å².